The topological polar surface area (TPSA) is 69.4 Å². The molecule has 2 rings (SSSR count). The lowest BCUT2D eigenvalue weighted by atomic mass is 10.2. The smallest absolute Gasteiger partial charge is 0.243 e. The SMILES string of the molecule is CCC(NC)c1nc(C2COCCO2)no1. The molecule has 1 saturated heterocycles. The molecule has 90 valence electrons. The molecular weight excluding hydrogens is 210 g/mol. The highest BCUT2D eigenvalue weighted by Gasteiger charge is 2.24. The van der Waals surface area contributed by atoms with Gasteiger partial charge in [-0.15, -0.1) is 0 Å². The van der Waals surface area contributed by atoms with Gasteiger partial charge in [0.05, 0.1) is 25.9 Å². The fourth-order valence-corrected chi connectivity index (χ4v) is 1.66. The highest BCUT2D eigenvalue weighted by molar-refractivity contribution is 4.96. The monoisotopic (exact) mass is 227 g/mol. The molecule has 0 spiro atoms. The van der Waals surface area contributed by atoms with Gasteiger partial charge in [-0.25, -0.2) is 0 Å². The van der Waals surface area contributed by atoms with Gasteiger partial charge in [0.2, 0.25) is 11.7 Å². The summed E-state index contributed by atoms with van der Waals surface area (Å²) in [5.74, 6) is 1.18. The lowest BCUT2D eigenvalue weighted by Gasteiger charge is -2.19. The van der Waals surface area contributed by atoms with E-state index >= 15 is 0 Å². The second kappa shape index (κ2) is 5.38. The average Bonchev–Trinajstić information content (AvgIpc) is 2.81. The maximum atomic E-state index is 5.49. The van der Waals surface area contributed by atoms with Gasteiger partial charge in [-0.3, -0.25) is 0 Å². The van der Waals surface area contributed by atoms with E-state index in [0.717, 1.165) is 6.42 Å². The Morgan fingerprint density at radius 3 is 3.00 bits per heavy atom. The summed E-state index contributed by atoms with van der Waals surface area (Å²) >= 11 is 0. The summed E-state index contributed by atoms with van der Waals surface area (Å²) in [6.07, 6.45) is 0.709. The van der Waals surface area contributed by atoms with Crippen LogP contribution in [-0.2, 0) is 9.47 Å². The summed E-state index contributed by atoms with van der Waals surface area (Å²) in [4.78, 5) is 4.33. The molecule has 1 aromatic heterocycles. The van der Waals surface area contributed by atoms with Gasteiger partial charge in [0, 0.05) is 0 Å². The van der Waals surface area contributed by atoms with Gasteiger partial charge < -0.3 is 19.3 Å². The third-order valence-electron chi connectivity index (χ3n) is 2.62. The van der Waals surface area contributed by atoms with E-state index < -0.39 is 0 Å². The van der Waals surface area contributed by atoms with E-state index in [0.29, 0.717) is 31.5 Å². The Bertz CT molecular complexity index is 319. The van der Waals surface area contributed by atoms with Crippen LogP contribution in [0, 0.1) is 0 Å². The number of nitrogens with zero attached hydrogens (tertiary/aromatic N) is 2. The summed E-state index contributed by atoms with van der Waals surface area (Å²) in [7, 11) is 1.87. The van der Waals surface area contributed by atoms with Crippen LogP contribution in [0.15, 0.2) is 4.52 Å². The molecule has 0 saturated carbocycles. The normalized spacial score (nSPS) is 23.2. The summed E-state index contributed by atoms with van der Waals surface area (Å²) in [6, 6.07) is 0.103. The Morgan fingerprint density at radius 1 is 1.50 bits per heavy atom. The van der Waals surface area contributed by atoms with Crippen molar-refractivity contribution >= 4 is 0 Å². The predicted octanol–water partition coefficient (Wildman–Crippen LogP) is 0.828. The van der Waals surface area contributed by atoms with Crippen molar-refractivity contribution in [2.45, 2.75) is 25.5 Å². The highest BCUT2D eigenvalue weighted by atomic mass is 16.6. The zero-order valence-corrected chi connectivity index (χ0v) is 9.60. The average molecular weight is 227 g/mol. The zero-order chi connectivity index (χ0) is 11.4. The van der Waals surface area contributed by atoms with E-state index in [9.17, 15) is 0 Å². The molecular formula is C10H17N3O3. The predicted molar refractivity (Wildman–Crippen MR) is 55.9 cm³/mol. The van der Waals surface area contributed by atoms with Crippen molar-refractivity contribution in [2.75, 3.05) is 26.9 Å². The first-order valence-corrected chi connectivity index (χ1v) is 5.55. The van der Waals surface area contributed by atoms with Crippen LogP contribution in [0.5, 0.6) is 0 Å². The maximum absolute atomic E-state index is 5.49. The minimum Gasteiger partial charge on any atom is -0.376 e. The molecule has 6 nitrogen and oxygen atoms in total. The van der Waals surface area contributed by atoms with Gasteiger partial charge in [0.1, 0.15) is 6.10 Å². The molecule has 6 heteroatoms. The molecule has 0 aliphatic carbocycles. The summed E-state index contributed by atoms with van der Waals surface area (Å²) in [6.45, 7) is 3.77. The molecule has 1 aliphatic heterocycles. The van der Waals surface area contributed by atoms with Crippen LogP contribution in [0.1, 0.15) is 37.2 Å². The van der Waals surface area contributed by atoms with Crippen LogP contribution in [0.4, 0.5) is 0 Å². The van der Waals surface area contributed by atoms with Gasteiger partial charge in [-0.2, -0.15) is 4.98 Å². The van der Waals surface area contributed by atoms with Crippen molar-refractivity contribution in [3.05, 3.63) is 11.7 Å². The first-order chi connectivity index (χ1) is 7.85. The molecule has 1 aromatic rings. The summed E-state index contributed by atoms with van der Waals surface area (Å²) in [5.41, 5.74) is 0. The Hall–Kier alpha value is -0.980. The standard InChI is InChI=1S/C10H17N3O3/c1-3-7(11-2)10-12-9(13-16-10)8-6-14-4-5-15-8/h7-8,11H,3-6H2,1-2H3. The molecule has 0 radical (unpaired) electrons. The van der Waals surface area contributed by atoms with Crippen LogP contribution in [-0.4, -0.2) is 37.0 Å². The molecule has 0 aromatic carbocycles. The first kappa shape index (κ1) is 11.5. The Kier molecular flexibility index (Phi) is 3.87. The molecule has 2 unspecified atom stereocenters. The molecule has 1 aliphatic rings. The van der Waals surface area contributed by atoms with Crippen LogP contribution in [0.25, 0.3) is 0 Å². The summed E-state index contributed by atoms with van der Waals surface area (Å²) < 4.78 is 16.0. The Morgan fingerprint density at radius 2 is 2.38 bits per heavy atom. The van der Waals surface area contributed by atoms with E-state index in [4.69, 9.17) is 14.0 Å². The van der Waals surface area contributed by atoms with Crippen LogP contribution in [0.3, 0.4) is 0 Å². The van der Waals surface area contributed by atoms with Crippen molar-refractivity contribution in [1.82, 2.24) is 15.5 Å². The lowest BCUT2D eigenvalue weighted by Crippen LogP contribution is -2.23. The van der Waals surface area contributed by atoms with E-state index in [1.54, 1.807) is 0 Å². The maximum Gasteiger partial charge on any atom is 0.243 e. The number of nitrogens with one attached hydrogen (secondary N) is 1. The Labute approximate surface area is 94.3 Å². The van der Waals surface area contributed by atoms with E-state index in [2.05, 4.69) is 22.4 Å². The van der Waals surface area contributed by atoms with Gasteiger partial charge >= 0.3 is 0 Å². The van der Waals surface area contributed by atoms with Gasteiger partial charge in [-0.1, -0.05) is 12.1 Å². The van der Waals surface area contributed by atoms with Gasteiger partial charge in [0.15, 0.2) is 0 Å². The van der Waals surface area contributed by atoms with Gasteiger partial charge in [-0.05, 0) is 13.5 Å². The molecule has 2 heterocycles. The fraction of sp³-hybridized carbons (Fsp3) is 0.800. The van der Waals surface area contributed by atoms with E-state index in [1.165, 1.54) is 0 Å². The van der Waals surface area contributed by atoms with Crippen LogP contribution >= 0.6 is 0 Å². The number of hydrogen-bond acceptors (Lipinski definition) is 6. The number of rotatable bonds is 4. The molecule has 16 heavy (non-hydrogen) atoms. The Balaban J connectivity index is 2.05. The third kappa shape index (κ3) is 2.40. The minimum atomic E-state index is -0.194. The number of aromatic nitrogens is 2. The number of hydrogen-bond donors (Lipinski definition) is 1. The van der Waals surface area contributed by atoms with Crippen molar-refractivity contribution in [3.8, 4) is 0 Å². The van der Waals surface area contributed by atoms with Crippen molar-refractivity contribution in [1.29, 1.82) is 0 Å². The second-order valence-electron chi connectivity index (χ2n) is 3.67. The molecule has 1 N–H and O–H groups in total. The van der Waals surface area contributed by atoms with Crippen molar-refractivity contribution < 1.29 is 14.0 Å². The van der Waals surface area contributed by atoms with Gasteiger partial charge in [0.25, 0.3) is 0 Å². The lowest BCUT2D eigenvalue weighted by molar-refractivity contribution is -0.0941. The quantitative estimate of drug-likeness (QED) is 0.821. The van der Waals surface area contributed by atoms with E-state index in [-0.39, 0.29) is 12.1 Å². The molecule has 0 bridgehead atoms. The first-order valence-electron chi connectivity index (χ1n) is 5.55. The molecule has 0 amide bonds. The number of ether oxygens (including phenoxy) is 2. The van der Waals surface area contributed by atoms with Crippen LogP contribution in [0.2, 0.25) is 0 Å². The minimum absolute atomic E-state index is 0.103. The fourth-order valence-electron chi connectivity index (χ4n) is 1.66. The second-order valence-corrected chi connectivity index (χ2v) is 3.67. The van der Waals surface area contributed by atoms with E-state index in [1.807, 2.05) is 7.05 Å². The molecule has 2 atom stereocenters. The van der Waals surface area contributed by atoms with Crippen LogP contribution < -0.4 is 5.32 Å². The van der Waals surface area contributed by atoms with Crippen molar-refractivity contribution in [3.63, 3.8) is 0 Å². The largest absolute Gasteiger partial charge is 0.376 e. The van der Waals surface area contributed by atoms with Crippen molar-refractivity contribution in [2.24, 2.45) is 0 Å². The molecule has 1 fully saturated rings. The zero-order valence-electron chi connectivity index (χ0n) is 9.60. The highest BCUT2D eigenvalue weighted by Crippen LogP contribution is 2.20. The summed E-state index contributed by atoms with van der Waals surface area (Å²) in [5, 5.41) is 7.04. The third-order valence-corrected chi connectivity index (χ3v) is 2.62.